The molecule has 0 aromatic carbocycles. The van der Waals surface area contributed by atoms with Crippen molar-refractivity contribution >= 4 is 0 Å². The first-order valence-corrected chi connectivity index (χ1v) is 11.6. The van der Waals surface area contributed by atoms with Crippen LogP contribution in [0.4, 0.5) is 0 Å². The van der Waals surface area contributed by atoms with Gasteiger partial charge in [-0.25, -0.2) is 0 Å². The molecule has 1 aliphatic rings. The van der Waals surface area contributed by atoms with E-state index in [9.17, 15) is 10.2 Å². The number of hydrogen-bond donors (Lipinski definition) is 3. The number of unbranched alkanes of at least 4 members (excludes halogenated alkanes) is 11. The summed E-state index contributed by atoms with van der Waals surface area (Å²) in [6, 6.07) is 0. The fourth-order valence-corrected chi connectivity index (χ4v) is 3.72. The van der Waals surface area contributed by atoms with E-state index in [4.69, 9.17) is 14.6 Å². The van der Waals surface area contributed by atoms with Crippen LogP contribution in [-0.4, -0.2) is 59.6 Å². The Bertz CT molecular complexity index is 374. The zero-order valence-corrected chi connectivity index (χ0v) is 17.9. The molecule has 0 bridgehead atoms. The largest absolute Gasteiger partial charge is 0.394 e. The Balaban J connectivity index is 1.86. The van der Waals surface area contributed by atoms with Crippen LogP contribution in [0.2, 0.25) is 0 Å². The highest BCUT2D eigenvalue weighted by Gasteiger charge is 2.40. The highest BCUT2D eigenvalue weighted by atomic mass is 16.6. The molecule has 0 saturated carbocycles. The van der Waals surface area contributed by atoms with Gasteiger partial charge in [0.25, 0.3) is 0 Å². The van der Waals surface area contributed by atoms with Crippen molar-refractivity contribution in [2.24, 2.45) is 0 Å². The lowest BCUT2D eigenvalue weighted by Gasteiger charge is -2.23. The molecule has 1 rings (SSSR count). The quantitative estimate of drug-likeness (QED) is 0.238. The van der Waals surface area contributed by atoms with Crippen LogP contribution >= 0.6 is 0 Å². The third-order valence-electron chi connectivity index (χ3n) is 5.46. The Kier molecular flexibility index (Phi) is 15.9. The maximum Gasteiger partial charge on any atom is 0.114 e. The molecule has 0 aliphatic carbocycles. The average Bonchev–Trinajstić information content (AvgIpc) is 3.07. The van der Waals surface area contributed by atoms with Crippen molar-refractivity contribution in [1.82, 2.24) is 0 Å². The van der Waals surface area contributed by atoms with E-state index in [1.807, 2.05) is 0 Å². The summed E-state index contributed by atoms with van der Waals surface area (Å²) in [5.41, 5.74) is 0. The molecule has 0 amide bonds. The van der Waals surface area contributed by atoms with E-state index < -0.39 is 24.4 Å². The predicted octanol–water partition coefficient (Wildman–Crippen LogP) is 4.13. The van der Waals surface area contributed by atoms with E-state index in [2.05, 4.69) is 19.1 Å². The molecule has 166 valence electrons. The van der Waals surface area contributed by atoms with Gasteiger partial charge in [0, 0.05) is 6.61 Å². The van der Waals surface area contributed by atoms with E-state index in [0.717, 1.165) is 19.3 Å². The Labute approximate surface area is 172 Å². The van der Waals surface area contributed by atoms with E-state index in [1.165, 1.54) is 64.2 Å². The fraction of sp³-hybridized carbons (Fsp3) is 0.913. The second-order valence-electron chi connectivity index (χ2n) is 8.01. The zero-order valence-electron chi connectivity index (χ0n) is 17.9. The third kappa shape index (κ3) is 11.5. The normalized spacial score (nSPS) is 23.6. The topological polar surface area (TPSA) is 79.2 Å². The van der Waals surface area contributed by atoms with Gasteiger partial charge < -0.3 is 24.8 Å². The summed E-state index contributed by atoms with van der Waals surface area (Å²) in [6.45, 7) is 2.52. The standard InChI is InChI=1S/C23H44O5/c1-2-3-4-5-6-7-8-9-10-11-12-13-14-15-16-17-27-23-21(26)19-28-22(23)20(25)18-24/h3-4,20-26H,2,5-19H2,1H3/b4-3+/t20-,21+,22+,23+/m1/s1. The molecule has 5 nitrogen and oxygen atoms in total. The minimum atomic E-state index is -1.000. The van der Waals surface area contributed by atoms with Gasteiger partial charge in [-0.15, -0.1) is 0 Å². The van der Waals surface area contributed by atoms with Gasteiger partial charge in [-0.3, -0.25) is 0 Å². The summed E-state index contributed by atoms with van der Waals surface area (Å²) in [5.74, 6) is 0. The first-order chi connectivity index (χ1) is 13.7. The number of aliphatic hydroxyl groups is 3. The number of ether oxygens (including phenoxy) is 2. The Hall–Kier alpha value is -0.460. The molecule has 28 heavy (non-hydrogen) atoms. The smallest absolute Gasteiger partial charge is 0.114 e. The molecule has 1 aliphatic heterocycles. The van der Waals surface area contributed by atoms with Gasteiger partial charge in [0.15, 0.2) is 0 Å². The van der Waals surface area contributed by atoms with Crippen LogP contribution in [-0.2, 0) is 9.47 Å². The van der Waals surface area contributed by atoms with Crippen molar-refractivity contribution < 1.29 is 24.8 Å². The number of allylic oxidation sites excluding steroid dienone is 2. The van der Waals surface area contributed by atoms with Crippen LogP contribution in [0.1, 0.15) is 90.4 Å². The molecule has 0 aromatic heterocycles. The molecule has 0 radical (unpaired) electrons. The summed E-state index contributed by atoms with van der Waals surface area (Å²) in [4.78, 5) is 0. The van der Waals surface area contributed by atoms with Crippen molar-refractivity contribution in [3.05, 3.63) is 12.2 Å². The molecule has 0 unspecified atom stereocenters. The summed E-state index contributed by atoms with van der Waals surface area (Å²) >= 11 is 0. The average molecular weight is 401 g/mol. The van der Waals surface area contributed by atoms with Gasteiger partial charge in [0.2, 0.25) is 0 Å². The molecular formula is C23H44O5. The minimum Gasteiger partial charge on any atom is -0.394 e. The van der Waals surface area contributed by atoms with Gasteiger partial charge in [-0.1, -0.05) is 76.9 Å². The summed E-state index contributed by atoms with van der Waals surface area (Å²) < 4.78 is 11.0. The first kappa shape index (κ1) is 25.6. The molecule has 0 aromatic rings. The van der Waals surface area contributed by atoms with E-state index in [1.54, 1.807) is 0 Å². The summed E-state index contributed by atoms with van der Waals surface area (Å²) in [5, 5.41) is 28.6. The second kappa shape index (κ2) is 17.4. The van der Waals surface area contributed by atoms with Gasteiger partial charge in [0.1, 0.15) is 24.4 Å². The predicted molar refractivity (Wildman–Crippen MR) is 113 cm³/mol. The lowest BCUT2D eigenvalue weighted by Crippen LogP contribution is -2.42. The SMILES string of the molecule is CC/C=C/CCCCCCCCCCCCCO[C@@H]1[C@H]([C@H](O)CO)OC[C@@H]1O. The van der Waals surface area contributed by atoms with Gasteiger partial charge in [-0.2, -0.15) is 0 Å². The Morgan fingerprint density at radius 3 is 2.07 bits per heavy atom. The van der Waals surface area contributed by atoms with E-state index in [0.29, 0.717) is 6.61 Å². The number of aliphatic hydroxyl groups excluding tert-OH is 3. The van der Waals surface area contributed by atoms with Crippen LogP contribution in [0.5, 0.6) is 0 Å². The zero-order chi connectivity index (χ0) is 20.5. The summed E-state index contributed by atoms with van der Waals surface area (Å²) in [6.07, 6.45) is 18.1. The Morgan fingerprint density at radius 1 is 0.929 bits per heavy atom. The lowest BCUT2D eigenvalue weighted by molar-refractivity contribution is -0.0938. The molecule has 5 heteroatoms. The van der Waals surface area contributed by atoms with E-state index in [-0.39, 0.29) is 13.2 Å². The van der Waals surface area contributed by atoms with Crippen molar-refractivity contribution in [1.29, 1.82) is 0 Å². The van der Waals surface area contributed by atoms with Gasteiger partial charge >= 0.3 is 0 Å². The van der Waals surface area contributed by atoms with Crippen LogP contribution in [0, 0.1) is 0 Å². The second-order valence-corrected chi connectivity index (χ2v) is 8.01. The molecule has 1 saturated heterocycles. The van der Waals surface area contributed by atoms with Crippen molar-refractivity contribution in [2.45, 2.75) is 115 Å². The van der Waals surface area contributed by atoms with Crippen LogP contribution in [0.3, 0.4) is 0 Å². The maximum atomic E-state index is 9.88. The molecule has 0 spiro atoms. The highest BCUT2D eigenvalue weighted by molar-refractivity contribution is 4.89. The lowest BCUT2D eigenvalue weighted by atomic mass is 10.0. The monoisotopic (exact) mass is 400 g/mol. The van der Waals surface area contributed by atoms with Gasteiger partial charge in [0.05, 0.1) is 13.2 Å². The Morgan fingerprint density at radius 2 is 1.50 bits per heavy atom. The molecule has 1 fully saturated rings. The van der Waals surface area contributed by atoms with Crippen LogP contribution in [0.25, 0.3) is 0 Å². The van der Waals surface area contributed by atoms with Crippen LogP contribution in [0.15, 0.2) is 12.2 Å². The summed E-state index contributed by atoms with van der Waals surface area (Å²) in [7, 11) is 0. The minimum absolute atomic E-state index is 0.155. The fourth-order valence-electron chi connectivity index (χ4n) is 3.72. The van der Waals surface area contributed by atoms with Crippen molar-refractivity contribution in [3.8, 4) is 0 Å². The molecule has 3 N–H and O–H groups in total. The van der Waals surface area contributed by atoms with Gasteiger partial charge in [-0.05, 0) is 25.7 Å². The van der Waals surface area contributed by atoms with Crippen LogP contribution < -0.4 is 0 Å². The van der Waals surface area contributed by atoms with Crippen molar-refractivity contribution in [2.75, 3.05) is 19.8 Å². The maximum absolute atomic E-state index is 9.88. The number of rotatable bonds is 18. The van der Waals surface area contributed by atoms with Crippen molar-refractivity contribution in [3.63, 3.8) is 0 Å². The number of hydrogen-bond acceptors (Lipinski definition) is 5. The molecule has 1 heterocycles. The molecule has 4 atom stereocenters. The third-order valence-corrected chi connectivity index (χ3v) is 5.46. The molecular weight excluding hydrogens is 356 g/mol. The highest BCUT2D eigenvalue weighted by Crippen LogP contribution is 2.21. The first-order valence-electron chi connectivity index (χ1n) is 11.6. The van der Waals surface area contributed by atoms with E-state index >= 15 is 0 Å².